The van der Waals surface area contributed by atoms with Gasteiger partial charge < -0.3 is 14.8 Å². The van der Waals surface area contributed by atoms with Crippen LogP contribution in [-0.4, -0.2) is 25.4 Å². The molecular weight excluding hydrogens is 262 g/mol. The van der Waals surface area contributed by atoms with Crippen LogP contribution in [0, 0.1) is 0 Å². The summed E-state index contributed by atoms with van der Waals surface area (Å²) in [5.74, 6) is 0.864. The number of ether oxygens (including phenoxy) is 2. The minimum absolute atomic E-state index is 0.129. The van der Waals surface area contributed by atoms with Crippen LogP contribution in [0.3, 0.4) is 0 Å². The molecule has 0 saturated carbocycles. The maximum atomic E-state index is 6.01. The summed E-state index contributed by atoms with van der Waals surface area (Å²) in [6.07, 6.45) is 0. The molecule has 0 atom stereocenters. The first-order valence-corrected chi connectivity index (χ1v) is 7.06. The lowest BCUT2D eigenvalue weighted by atomic mass is 10.2. The van der Waals surface area contributed by atoms with E-state index in [9.17, 15) is 0 Å². The molecule has 0 radical (unpaired) electrons. The Kier molecular flexibility index (Phi) is 6.63. The van der Waals surface area contributed by atoms with Gasteiger partial charge >= 0.3 is 0 Å². The van der Waals surface area contributed by atoms with E-state index >= 15 is 0 Å². The molecule has 4 heteroatoms. The van der Waals surface area contributed by atoms with E-state index in [1.165, 1.54) is 0 Å². The minimum Gasteiger partial charge on any atom is -0.491 e. The van der Waals surface area contributed by atoms with Crippen LogP contribution in [0.1, 0.15) is 33.3 Å². The van der Waals surface area contributed by atoms with Crippen molar-refractivity contribution in [3.8, 4) is 5.75 Å². The van der Waals surface area contributed by atoms with E-state index in [-0.39, 0.29) is 5.60 Å². The largest absolute Gasteiger partial charge is 0.491 e. The first-order chi connectivity index (χ1) is 8.92. The zero-order chi connectivity index (χ0) is 14.3. The molecule has 0 saturated heterocycles. The maximum absolute atomic E-state index is 6.01. The van der Waals surface area contributed by atoms with Crippen LogP contribution < -0.4 is 10.1 Å². The fraction of sp³-hybridized carbons (Fsp3) is 0.600. The molecule has 0 amide bonds. The second-order valence-electron chi connectivity index (χ2n) is 5.34. The van der Waals surface area contributed by atoms with E-state index in [0.717, 1.165) is 29.4 Å². The van der Waals surface area contributed by atoms with E-state index in [1.54, 1.807) is 0 Å². The van der Waals surface area contributed by atoms with Gasteiger partial charge in [-0.1, -0.05) is 18.5 Å². The zero-order valence-corrected chi connectivity index (χ0v) is 13.0. The molecule has 0 aromatic heterocycles. The van der Waals surface area contributed by atoms with Crippen molar-refractivity contribution in [2.45, 2.75) is 39.8 Å². The Morgan fingerprint density at radius 1 is 1.21 bits per heavy atom. The number of benzene rings is 1. The first kappa shape index (κ1) is 16.3. The number of halogens is 1. The van der Waals surface area contributed by atoms with Crippen molar-refractivity contribution in [2.75, 3.05) is 19.8 Å². The van der Waals surface area contributed by atoms with Gasteiger partial charge in [0.2, 0.25) is 0 Å². The summed E-state index contributed by atoms with van der Waals surface area (Å²) in [5, 5.41) is 4.00. The van der Waals surface area contributed by atoms with Gasteiger partial charge in [0, 0.05) is 17.1 Å². The molecular formula is C15H24ClNO2. The first-order valence-electron chi connectivity index (χ1n) is 6.68. The summed E-state index contributed by atoms with van der Waals surface area (Å²) in [4.78, 5) is 0. The molecule has 0 unspecified atom stereocenters. The Balaban J connectivity index is 2.52. The summed E-state index contributed by atoms with van der Waals surface area (Å²) in [6.45, 7) is 11.0. The van der Waals surface area contributed by atoms with Gasteiger partial charge in [-0.15, -0.1) is 0 Å². The van der Waals surface area contributed by atoms with Crippen LogP contribution in [0.4, 0.5) is 0 Å². The normalized spacial score (nSPS) is 11.6. The van der Waals surface area contributed by atoms with Crippen molar-refractivity contribution < 1.29 is 9.47 Å². The standard InChI is InChI=1S/C15H24ClNO2/c1-5-17-11-12-10-13(16)6-7-14(12)18-8-9-19-15(2,3)4/h6-7,10,17H,5,8-9,11H2,1-4H3. The molecule has 0 heterocycles. The third kappa shape index (κ3) is 6.81. The summed E-state index contributed by atoms with van der Waals surface area (Å²) < 4.78 is 11.4. The quantitative estimate of drug-likeness (QED) is 0.776. The summed E-state index contributed by atoms with van der Waals surface area (Å²) in [7, 11) is 0. The predicted molar refractivity (Wildman–Crippen MR) is 80.0 cm³/mol. The molecule has 1 aromatic rings. The Morgan fingerprint density at radius 2 is 1.95 bits per heavy atom. The molecule has 0 fully saturated rings. The van der Waals surface area contributed by atoms with Gasteiger partial charge in [0.15, 0.2) is 0 Å². The molecule has 19 heavy (non-hydrogen) atoms. The second-order valence-corrected chi connectivity index (χ2v) is 5.78. The van der Waals surface area contributed by atoms with Crippen molar-refractivity contribution in [1.29, 1.82) is 0 Å². The highest BCUT2D eigenvalue weighted by molar-refractivity contribution is 6.30. The van der Waals surface area contributed by atoms with Crippen molar-refractivity contribution in [1.82, 2.24) is 5.32 Å². The molecule has 1 N–H and O–H groups in total. The highest BCUT2D eigenvalue weighted by atomic mass is 35.5. The van der Waals surface area contributed by atoms with Crippen LogP contribution in [0.5, 0.6) is 5.75 Å². The van der Waals surface area contributed by atoms with Crippen molar-refractivity contribution in [2.24, 2.45) is 0 Å². The second kappa shape index (κ2) is 7.73. The molecule has 0 bridgehead atoms. The molecule has 1 rings (SSSR count). The Hall–Kier alpha value is -0.770. The highest BCUT2D eigenvalue weighted by Crippen LogP contribution is 2.23. The van der Waals surface area contributed by atoms with Gasteiger partial charge in [-0.05, 0) is 45.5 Å². The summed E-state index contributed by atoms with van der Waals surface area (Å²) in [5.41, 5.74) is 0.945. The number of hydrogen-bond acceptors (Lipinski definition) is 3. The third-order valence-electron chi connectivity index (χ3n) is 2.46. The molecule has 0 spiro atoms. The minimum atomic E-state index is -0.129. The molecule has 3 nitrogen and oxygen atoms in total. The van der Waals surface area contributed by atoms with Gasteiger partial charge in [-0.3, -0.25) is 0 Å². The predicted octanol–water partition coefficient (Wildman–Crippen LogP) is 3.64. The van der Waals surface area contributed by atoms with Crippen LogP contribution in [0.25, 0.3) is 0 Å². The van der Waals surface area contributed by atoms with Gasteiger partial charge in [0.1, 0.15) is 12.4 Å². The Morgan fingerprint density at radius 3 is 2.58 bits per heavy atom. The van der Waals surface area contributed by atoms with Crippen molar-refractivity contribution >= 4 is 11.6 Å². The van der Waals surface area contributed by atoms with Crippen LogP contribution >= 0.6 is 11.6 Å². The van der Waals surface area contributed by atoms with Crippen LogP contribution in [0.2, 0.25) is 5.02 Å². The summed E-state index contributed by atoms with van der Waals surface area (Å²) >= 11 is 6.01. The van der Waals surface area contributed by atoms with E-state index in [0.29, 0.717) is 13.2 Å². The molecule has 1 aromatic carbocycles. The topological polar surface area (TPSA) is 30.5 Å². The van der Waals surface area contributed by atoms with Crippen molar-refractivity contribution in [3.63, 3.8) is 0 Å². The summed E-state index contributed by atoms with van der Waals surface area (Å²) in [6, 6.07) is 5.69. The van der Waals surface area contributed by atoms with E-state index in [4.69, 9.17) is 21.1 Å². The molecule has 0 aliphatic carbocycles. The maximum Gasteiger partial charge on any atom is 0.124 e. The number of hydrogen-bond donors (Lipinski definition) is 1. The van der Waals surface area contributed by atoms with E-state index in [2.05, 4.69) is 12.2 Å². The molecule has 0 aliphatic heterocycles. The fourth-order valence-electron chi connectivity index (χ4n) is 1.59. The average molecular weight is 286 g/mol. The van der Waals surface area contributed by atoms with E-state index < -0.39 is 0 Å². The Bertz CT molecular complexity index is 388. The van der Waals surface area contributed by atoms with Gasteiger partial charge in [-0.2, -0.15) is 0 Å². The van der Waals surface area contributed by atoms with Crippen LogP contribution in [-0.2, 0) is 11.3 Å². The fourth-order valence-corrected chi connectivity index (χ4v) is 1.78. The number of nitrogens with one attached hydrogen (secondary N) is 1. The van der Waals surface area contributed by atoms with Gasteiger partial charge in [0.05, 0.1) is 12.2 Å². The lowest BCUT2D eigenvalue weighted by Gasteiger charge is -2.20. The molecule has 108 valence electrons. The average Bonchev–Trinajstić information content (AvgIpc) is 2.32. The zero-order valence-electron chi connectivity index (χ0n) is 12.3. The van der Waals surface area contributed by atoms with Gasteiger partial charge in [-0.25, -0.2) is 0 Å². The number of rotatable bonds is 7. The van der Waals surface area contributed by atoms with Crippen LogP contribution in [0.15, 0.2) is 18.2 Å². The van der Waals surface area contributed by atoms with E-state index in [1.807, 2.05) is 39.0 Å². The third-order valence-corrected chi connectivity index (χ3v) is 2.70. The lowest BCUT2D eigenvalue weighted by Crippen LogP contribution is -2.22. The highest BCUT2D eigenvalue weighted by Gasteiger charge is 2.10. The lowest BCUT2D eigenvalue weighted by molar-refractivity contribution is -0.0164. The molecule has 0 aliphatic rings. The van der Waals surface area contributed by atoms with Crippen molar-refractivity contribution in [3.05, 3.63) is 28.8 Å². The monoisotopic (exact) mass is 285 g/mol. The smallest absolute Gasteiger partial charge is 0.124 e. The van der Waals surface area contributed by atoms with Gasteiger partial charge in [0.25, 0.3) is 0 Å². The Labute approximate surface area is 121 Å². The SMILES string of the molecule is CCNCc1cc(Cl)ccc1OCCOC(C)(C)C.